The maximum Gasteiger partial charge on any atom is 0.330 e. The predicted octanol–water partition coefficient (Wildman–Crippen LogP) is 2.59. The average molecular weight is 444 g/mol. The van der Waals surface area contributed by atoms with E-state index in [9.17, 15) is 19.2 Å². The van der Waals surface area contributed by atoms with E-state index in [4.69, 9.17) is 4.74 Å². The molecule has 0 aromatic heterocycles. The molecule has 2 aromatic rings. The number of benzene rings is 2. The molecule has 3 amide bonds. The molecule has 2 aliphatic carbocycles. The largest absolute Gasteiger partial charge is 0.454 e. The first-order valence-electron chi connectivity index (χ1n) is 11.1. The molecule has 3 aliphatic rings. The number of likely N-dealkylation sites (tertiary alicyclic amines) is 1. The summed E-state index contributed by atoms with van der Waals surface area (Å²) in [5.41, 5.74) is 1.38. The predicted molar refractivity (Wildman–Crippen MR) is 120 cm³/mol. The summed E-state index contributed by atoms with van der Waals surface area (Å²) >= 11 is 0. The molecule has 0 unspecified atom stereocenters. The summed E-state index contributed by atoms with van der Waals surface area (Å²) in [6, 6.07) is 16.9. The Bertz CT molecular complexity index is 1080. The molecule has 2 bridgehead atoms. The van der Waals surface area contributed by atoms with E-state index in [0.29, 0.717) is 5.69 Å². The summed E-state index contributed by atoms with van der Waals surface area (Å²) < 4.78 is 5.30. The zero-order valence-electron chi connectivity index (χ0n) is 17.9. The zero-order valence-corrected chi connectivity index (χ0v) is 17.9. The number of nitrogens with zero attached hydrogens (tertiary/aromatic N) is 1. The van der Waals surface area contributed by atoms with Crippen molar-refractivity contribution in [2.75, 3.05) is 11.9 Å². The second-order valence-corrected chi connectivity index (χ2v) is 8.77. The van der Waals surface area contributed by atoms with Crippen molar-refractivity contribution in [3.05, 3.63) is 78.4 Å². The monoisotopic (exact) mass is 444 g/mol. The van der Waals surface area contributed by atoms with Crippen LogP contribution in [0.4, 0.5) is 5.69 Å². The number of amides is 3. The molecule has 2 aromatic carbocycles. The third kappa shape index (κ3) is 3.95. The van der Waals surface area contributed by atoms with Gasteiger partial charge in [-0.1, -0.05) is 60.7 Å². The molecular formula is C26H24N2O5. The van der Waals surface area contributed by atoms with E-state index in [0.717, 1.165) is 16.9 Å². The number of fused-ring (bicyclic) bond motifs is 5. The summed E-state index contributed by atoms with van der Waals surface area (Å²) in [4.78, 5) is 53.1. The maximum atomic E-state index is 13.3. The number of esters is 1. The lowest BCUT2D eigenvalue weighted by Crippen LogP contribution is -2.48. The van der Waals surface area contributed by atoms with Crippen LogP contribution in [-0.2, 0) is 30.3 Å². The van der Waals surface area contributed by atoms with Gasteiger partial charge in [0, 0.05) is 12.1 Å². The summed E-state index contributed by atoms with van der Waals surface area (Å²) in [5.74, 6) is -2.59. The minimum atomic E-state index is -1.11. The maximum absolute atomic E-state index is 13.3. The van der Waals surface area contributed by atoms with Crippen molar-refractivity contribution < 1.29 is 23.9 Å². The number of ether oxygens (including phenoxy) is 1. The lowest BCUT2D eigenvalue weighted by Gasteiger charge is -2.26. The molecule has 5 atom stereocenters. The third-order valence-electron chi connectivity index (χ3n) is 6.76. The fourth-order valence-electron chi connectivity index (χ4n) is 5.30. The summed E-state index contributed by atoms with van der Waals surface area (Å²) in [7, 11) is 0. The van der Waals surface area contributed by atoms with Crippen LogP contribution in [0.2, 0.25) is 0 Å². The quantitative estimate of drug-likeness (QED) is 0.403. The van der Waals surface area contributed by atoms with Gasteiger partial charge in [-0.3, -0.25) is 19.3 Å². The van der Waals surface area contributed by atoms with E-state index < -0.39 is 36.4 Å². The Hall–Kier alpha value is -3.74. The highest BCUT2D eigenvalue weighted by Crippen LogP contribution is 2.53. The molecule has 5 rings (SSSR count). The minimum Gasteiger partial charge on any atom is -0.454 e. The standard InChI is InChI=1S/C26H24N2O5/c29-21(27-19-9-5-2-6-10-19)15-33-26(32)20(13-16-7-3-1-4-8-16)28-24(30)22-17-11-12-18(14-17)23(22)25(28)31/h1-12,17-18,20,22-23H,13-15H2,(H,27,29)/t17-,18-,20-,22-,23-/m0/s1. The van der Waals surface area contributed by atoms with E-state index in [-0.39, 0.29) is 30.1 Å². The number of hydrogen-bond donors (Lipinski definition) is 1. The zero-order chi connectivity index (χ0) is 22.9. The normalized spacial score (nSPS) is 25.8. The summed E-state index contributed by atoms with van der Waals surface area (Å²) in [6.07, 6.45) is 4.98. The van der Waals surface area contributed by atoms with Crippen LogP contribution >= 0.6 is 0 Å². The van der Waals surface area contributed by atoms with E-state index >= 15 is 0 Å². The Morgan fingerprint density at radius 1 is 0.909 bits per heavy atom. The van der Waals surface area contributed by atoms with Crippen LogP contribution in [0, 0.1) is 23.7 Å². The molecule has 1 heterocycles. The van der Waals surface area contributed by atoms with Gasteiger partial charge in [0.25, 0.3) is 5.91 Å². The number of allylic oxidation sites excluding steroid dienone is 2. The topological polar surface area (TPSA) is 92.8 Å². The van der Waals surface area contributed by atoms with E-state index in [2.05, 4.69) is 5.32 Å². The highest BCUT2D eigenvalue weighted by atomic mass is 16.5. The average Bonchev–Trinajstić information content (AvgIpc) is 3.51. The van der Waals surface area contributed by atoms with E-state index in [1.165, 1.54) is 0 Å². The van der Waals surface area contributed by atoms with Crippen molar-refractivity contribution >= 4 is 29.4 Å². The Kier molecular flexibility index (Phi) is 5.54. The first kappa shape index (κ1) is 21.1. The SMILES string of the molecule is O=C(COC(=O)[C@H](Cc1ccccc1)N1C(=O)[C@@H]2[C@@H](C1=O)[C@H]1C=C[C@H]2C1)Nc1ccccc1. The number of rotatable bonds is 7. The summed E-state index contributed by atoms with van der Waals surface area (Å²) in [5, 5.41) is 2.65. The number of para-hydroxylation sites is 1. The molecular weight excluding hydrogens is 420 g/mol. The second-order valence-electron chi connectivity index (χ2n) is 8.77. The first-order chi connectivity index (χ1) is 16.0. The summed E-state index contributed by atoms with van der Waals surface area (Å²) in [6.45, 7) is -0.505. The van der Waals surface area contributed by atoms with Gasteiger partial charge in [-0.2, -0.15) is 0 Å². The van der Waals surface area contributed by atoms with Gasteiger partial charge in [0.1, 0.15) is 6.04 Å². The van der Waals surface area contributed by atoms with Crippen molar-refractivity contribution in [1.82, 2.24) is 4.90 Å². The van der Waals surface area contributed by atoms with Crippen molar-refractivity contribution in [2.45, 2.75) is 18.9 Å². The highest BCUT2D eigenvalue weighted by molar-refractivity contribution is 6.09. The fourth-order valence-corrected chi connectivity index (χ4v) is 5.30. The van der Waals surface area contributed by atoms with Gasteiger partial charge in [-0.15, -0.1) is 0 Å². The molecule has 1 N–H and O–H groups in total. The Morgan fingerprint density at radius 3 is 2.09 bits per heavy atom. The Labute approximate surface area is 191 Å². The van der Waals surface area contributed by atoms with Gasteiger partial charge in [0.05, 0.1) is 11.8 Å². The molecule has 168 valence electrons. The highest BCUT2D eigenvalue weighted by Gasteiger charge is 2.61. The van der Waals surface area contributed by atoms with Gasteiger partial charge < -0.3 is 10.1 Å². The number of anilines is 1. The molecule has 1 saturated carbocycles. The number of carbonyl (C=O) groups is 4. The Morgan fingerprint density at radius 2 is 1.48 bits per heavy atom. The van der Waals surface area contributed by atoms with Crippen molar-refractivity contribution in [3.63, 3.8) is 0 Å². The molecule has 1 saturated heterocycles. The van der Waals surface area contributed by atoms with Crippen LogP contribution in [0.1, 0.15) is 12.0 Å². The smallest absolute Gasteiger partial charge is 0.330 e. The Balaban J connectivity index is 1.33. The molecule has 0 radical (unpaired) electrons. The fraction of sp³-hybridized carbons (Fsp3) is 0.308. The third-order valence-corrected chi connectivity index (χ3v) is 6.76. The molecule has 7 heteroatoms. The lowest BCUT2D eigenvalue weighted by atomic mass is 9.85. The number of nitrogens with one attached hydrogen (secondary N) is 1. The number of carbonyl (C=O) groups excluding carboxylic acids is 4. The molecule has 2 fully saturated rings. The molecule has 0 spiro atoms. The second kappa shape index (κ2) is 8.65. The lowest BCUT2D eigenvalue weighted by molar-refractivity contribution is -0.160. The van der Waals surface area contributed by atoms with Gasteiger partial charge in [-0.25, -0.2) is 4.79 Å². The van der Waals surface area contributed by atoms with E-state index in [1.807, 2.05) is 48.6 Å². The molecule has 7 nitrogen and oxygen atoms in total. The number of imide groups is 1. The van der Waals surface area contributed by atoms with Crippen molar-refractivity contribution in [2.24, 2.45) is 23.7 Å². The van der Waals surface area contributed by atoms with Gasteiger partial charge >= 0.3 is 5.97 Å². The molecule has 1 aliphatic heterocycles. The van der Waals surface area contributed by atoms with Gasteiger partial charge in [-0.05, 0) is 36.0 Å². The molecule has 33 heavy (non-hydrogen) atoms. The number of hydrogen-bond acceptors (Lipinski definition) is 5. The minimum absolute atomic E-state index is 0.0477. The first-order valence-corrected chi connectivity index (χ1v) is 11.1. The van der Waals surface area contributed by atoms with Crippen LogP contribution in [-0.4, -0.2) is 41.2 Å². The van der Waals surface area contributed by atoms with Crippen LogP contribution in [0.25, 0.3) is 0 Å². The van der Waals surface area contributed by atoms with Gasteiger partial charge in [0.15, 0.2) is 6.61 Å². The van der Waals surface area contributed by atoms with E-state index in [1.54, 1.807) is 24.3 Å². The van der Waals surface area contributed by atoms with Crippen LogP contribution in [0.15, 0.2) is 72.8 Å². The van der Waals surface area contributed by atoms with Gasteiger partial charge in [0.2, 0.25) is 11.8 Å². The van der Waals surface area contributed by atoms with Crippen LogP contribution in [0.3, 0.4) is 0 Å². The van der Waals surface area contributed by atoms with Crippen molar-refractivity contribution in [1.29, 1.82) is 0 Å². The van der Waals surface area contributed by atoms with Crippen LogP contribution < -0.4 is 5.32 Å². The van der Waals surface area contributed by atoms with Crippen molar-refractivity contribution in [3.8, 4) is 0 Å². The van der Waals surface area contributed by atoms with Crippen LogP contribution in [0.5, 0.6) is 0 Å².